The second-order valence-corrected chi connectivity index (χ2v) is 4.19. The minimum atomic E-state index is -0.523. The molecule has 0 fully saturated rings. The number of nitrogens with zero attached hydrogens (tertiary/aromatic N) is 1. The van der Waals surface area contributed by atoms with Crippen molar-refractivity contribution >= 4 is 21.7 Å². The van der Waals surface area contributed by atoms with Gasteiger partial charge in [-0.25, -0.2) is 4.98 Å². The van der Waals surface area contributed by atoms with Gasteiger partial charge < -0.3 is 15.2 Å². The van der Waals surface area contributed by atoms with Gasteiger partial charge in [0.15, 0.2) is 0 Å². The molecule has 84 valence electrons. The zero-order chi connectivity index (χ0) is 11.3. The highest BCUT2D eigenvalue weighted by Gasteiger charge is 2.05. The van der Waals surface area contributed by atoms with Gasteiger partial charge in [-0.2, -0.15) is 0 Å². The van der Waals surface area contributed by atoms with Crippen molar-refractivity contribution < 1.29 is 9.84 Å². The molecule has 0 aliphatic carbocycles. The standard InChI is InChI=1S/C10H15BrN2O2/c1-7-3-9(11)10(12-4-7)13-5-8(14)6-15-2/h3-4,8,14H,5-6H2,1-2H3,(H,12,13). The Morgan fingerprint density at radius 1 is 1.67 bits per heavy atom. The predicted octanol–water partition coefficient (Wildman–Crippen LogP) is 1.57. The summed E-state index contributed by atoms with van der Waals surface area (Å²) in [4.78, 5) is 4.20. The Hall–Kier alpha value is -0.650. The number of rotatable bonds is 5. The summed E-state index contributed by atoms with van der Waals surface area (Å²) in [5.74, 6) is 0.732. The second-order valence-electron chi connectivity index (χ2n) is 3.33. The molecule has 1 aromatic heterocycles. The first-order valence-corrected chi connectivity index (χ1v) is 5.45. The van der Waals surface area contributed by atoms with Crippen molar-refractivity contribution in [2.24, 2.45) is 0 Å². The van der Waals surface area contributed by atoms with Crippen LogP contribution >= 0.6 is 15.9 Å². The quantitative estimate of drug-likeness (QED) is 0.856. The molecular formula is C10H15BrN2O2. The lowest BCUT2D eigenvalue weighted by Crippen LogP contribution is -2.24. The fourth-order valence-corrected chi connectivity index (χ4v) is 1.73. The number of methoxy groups -OCH3 is 1. The molecule has 0 aromatic carbocycles. The van der Waals surface area contributed by atoms with Crippen molar-refractivity contribution in [1.29, 1.82) is 0 Å². The second kappa shape index (κ2) is 6.05. The zero-order valence-corrected chi connectivity index (χ0v) is 10.4. The van der Waals surface area contributed by atoms with E-state index in [1.54, 1.807) is 13.3 Å². The molecule has 2 N–H and O–H groups in total. The molecule has 0 saturated carbocycles. The van der Waals surface area contributed by atoms with Crippen LogP contribution in [0.15, 0.2) is 16.7 Å². The lowest BCUT2D eigenvalue weighted by molar-refractivity contribution is 0.0727. The van der Waals surface area contributed by atoms with Gasteiger partial charge in [-0.15, -0.1) is 0 Å². The Kier molecular flexibility index (Phi) is 5.01. The van der Waals surface area contributed by atoms with E-state index in [-0.39, 0.29) is 0 Å². The van der Waals surface area contributed by atoms with Crippen molar-refractivity contribution in [2.45, 2.75) is 13.0 Å². The highest BCUT2D eigenvalue weighted by molar-refractivity contribution is 9.10. The maximum Gasteiger partial charge on any atom is 0.140 e. The van der Waals surface area contributed by atoms with Crippen LogP contribution < -0.4 is 5.32 Å². The fraction of sp³-hybridized carbons (Fsp3) is 0.500. The highest BCUT2D eigenvalue weighted by Crippen LogP contribution is 2.20. The lowest BCUT2D eigenvalue weighted by atomic mass is 10.3. The van der Waals surface area contributed by atoms with E-state index in [9.17, 15) is 5.11 Å². The van der Waals surface area contributed by atoms with Crippen LogP contribution in [0.25, 0.3) is 0 Å². The first-order valence-electron chi connectivity index (χ1n) is 4.66. The molecule has 0 aliphatic heterocycles. The number of hydrogen-bond donors (Lipinski definition) is 2. The fourth-order valence-electron chi connectivity index (χ4n) is 1.13. The molecule has 0 radical (unpaired) electrons. The summed E-state index contributed by atoms with van der Waals surface area (Å²) in [5.41, 5.74) is 1.09. The Balaban J connectivity index is 2.50. The van der Waals surface area contributed by atoms with Crippen molar-refractivity contribution in [1.82, 2.24) is 4.98 Å². The van der Waals surface area contributed by atoms with Crippen molar-refractivity contribution in [3.8, 4) is 0 Å². The van der Waals surface area contributed by atoms with Crippen LogP contribution in [-0.2, 0) is 4.74 Å². The molecule has 1 atom stereocenters. The summed E-state index contributed by atoms with van der Waals surface area (Å²) < 4.78 is 5.71. The molecule has 0 spiro atoms. The van der Waals surface area contributed by atoms with E-state index in [4.69, 9.17) is 4.74 Å². The molecule has 0 amide bonds. The van der Waals surface area contributed by atoms with E-state index in [1.807, 2.05) is 13.0 Å². The van der Waals surface area contributed by atoms with Gasteiger partial charge in [-0.3, -0.25) is 0 Å². The maximum absolute atomic E-state index is 9.43. The zero-order valence-electron chi connectivity index (χ0n) is 8.83. The number of nitrogens with one attached hydrogen (secondary N) is 1. The van der Waals surface area contributed by atoms with Crippen LogP contribution in [0.1, 0.15) is 5.56 Å². The van der Waals surface area contributed by atoms with Gasteiger partial charge in [0.2, 0.25) is 0 Å². The first kappa shape index (κ1) is 12.4. The maximum atomic E-state index is 9.43. The van der Waals surface area contributed by atoms with Gasteiger partial charge in [-0.05, 0) is 34.5 Å². The third-order valence-electron chi connectivity index (χ3n) is 1.84. The number of halogens is 1. The van der Waals surface area contributed by atoms with E-state index in [0.29, 0.717) is 13.2 Å². The highest BCUT2D eigenvalue weighted by atomic mass is 79.9. The number of aliphatic hydroxyl groups is 1. The summed E-state index contributed by atoms with van der Waals surface area (Å²) >= 11 is 3.40. The van der Waals surface area contributed by atoms with Gasteiger partial charge in [0.25, 0.3) is 0 Å². The molecule has 0 bridgehead atoms. The van der Waals surface area contributed by atoms with Crippen LogP contribution in [0.5, 0.6) is 0 Å². The summed E-state index contributed by atoms with van der Waals surface area (Å²) in [5, 5.41) is 12.5. The van der Waals surface area contributed by atoms with Gasteiger partial charge in [0, 0.05) is 19.9 Å². The molecule has 0 saturated heterocycles. The topological polar surface area (TPSA) is 54.4 Å². The molecule has 15 heavy (non-hydrogen) atoms. The van der Waals surface area contributed by atoms with Crippen LogP contribution in [0, 0.1) is 6.92 Å². The summed E-state index contributed by atoms with van der Waals surface area (Å²) in [6.07, 6.45) is 1.25. The van der Waals surface area contributed by atoms with Gasteiger partial charge in [0.05, 0.1) is 17.2 Å². The predicted molar refractivity (Wildman–Crippen MR) is 63.0 cm³/mol. The number of ether oxygens (including phenoxy) is 1. The summed E-state index contributed by atoms with van der Waals surface area (Å²) in [6.45, 7) is 2.71. The molecular weight excluding hydrogens is 260 g/mol. The number of anilines is 1. The first-order chi connectivity index (χ1) is 7.13. The Labute approximate surface area is 97.8 Å². The molecule has 0 aliphatic rings. The van der Waals surface area contributed by atoms with Crippen LogP contribution in [0.4, 0.5) is 5.82 Å². The average Bonchev–Trinajstić information content (AvgIpc) is 2.17. The minimum absolute atomic E-state index is 0.316. The molecule has 1 heterocycles. The largest absolute Gasteiger partial charge is 0.389 e. The molecule has 1 aromatic rings. The van der Waals surface area contributed by atoms with Gasteiger partial charge in [-0.1, -0.05) is 0 Å². The Bertz CT molecular complexity index is 320. The van der Waals surface area contributed by atoms with Crippen LogP contribution in [0.2, 0.25) is 0 Å². The molecule has 1 rings (SSSR count). The number of hydrogen-bond acceptors (Lipinski definition) is 4. The van der Waals surface area contributed by atoms with E-state index >= 15 is 0 Å². The van der Waals surface area contributed by atoms with Crippen molar-refractivity contribution in [2.75, 3.05) is 25.6 Å². The van der Waals surface area contributed by atoms with E-state index in [2.05, 4.69) is 26.2 Å². The van der Waals surface area contributed by atoms with Crippen LogP contribution in [0.3, 0.4) is 0 Å². The molecule has 4 nitrogen and oxygen atoms in total. The number of pyridine rings is 1. The third-order valence-corrected chi connectivity index (χ3v) is 2.45. The van der Waals surface area contributed by atoms with E-state index in [0.717, 1.165) is 15.9 Å². The van der Waals surface area contributed by atoms with Gasteiger partial charge >= 0.3 is 0 Å². The Morgan fingerprint density at radius 3 is 3.00 bits per heavy atom. The normalized spacial score (nSPS) is 12.5. The summed E-state index contributed by atoms with van der Waals surface area (Å²) in [6, 6.07) is 1.97. The van der Waals surface area contributed by atoms with Crippen molar-refractivity contribution in [3.63, 3.8) is 0 Å². The van der Waals surface area contributed by atoms with E-state index in [1.165, 1.54) is 0 Å². The number of aromatic nitrogens is 1. The smallest absolute Gasteiger partial charge is 0.140 e. The molecule has 5 heteroatoms. The minimum Gasteiger partial charge on any atom is -0.389 e. The monoisotopic (exact) mass is 274 g/mol. The third kappa shape index (κ3) is 4.15. The van der Waals surface area contributed by atoms with Gasteiger partial charge in [0.1, 0.15) is 5.82 Å². The molecule has 1 unspecified atom stereocenters. The summed E-state index contributed by atoms with van der Waals surface area (Å²) in [7, 11) is 1.56. The van der Waals surface area contributed by atoms with Crippen molar-refractivity contribution in [3.05, 3.63) is 22.3 Å². The number of aliphatic hydroxyl groups excluding tert-OH is 1. The SMILES string of the molecule is COCC(O)CNc1ncc(C)cc1Br. The Morgan fingerprint density at radius 2 is 2.40 bits per heavy atom. The average molecular weight is 275 g/mol. The van der Waals surface area contributed by atoms with Crippen LogP contribution in [-0.4, -0.2) is 36.5 Å². The number of aryl methyl sites for hydroxylation is 1. The van der Waals surface area contributed by atoms with E-state index < -0.39 is 6.10 Å². The lowest BCUT2D eigenvalue weighted by Gasteiger charge is -2.12.